The Morgan fingerprint density at radius 3 is 2.26 bits per heavy atom. The van der Waals surface area contributed by atoms with E-state index < -0.39 is 5.41 Å². The van der Waals surface area contributed by atoms with Crippen LogP contribution in [-0.2, 0) is 12.5 Å². The summed E-state index contributed by atoms with van der Waals surface area (Å²) in [5.74, 6) is 0. The van der Waals surface area contributed by atoms with Crippen LogP contribution in [0.5, 0.6) is 0 Å². The molecular weight excluding hydrogens is 463 g/mol. The number of benzene rings is 3. The van der Waals surface area contributed by atoms with E-state index in [1.807, 2.05) is 48.7 Å². The van der Waals surface area contributed by atoms with Crippen molar-refractivity contribution in [1.29, 1.82) is 0 Å². The van der Waals surface area contributed by atoms with Gasteiger partial charge in [0.2, 0.25) is 0 Å². The van der Waals surface area contributed by atoms with Gasteiger partial charge in [-0.3, -0.25) is 4.79 Å². The molecule has 0 aliphatic heterocycles. The highest BCUT2D eigenvalue weighted by atomic mass is 35.5. The van der Waals surface area contributed by atoms with Crippen LogP contribution in [0.2, 0.25) is 10.0 Å². The normalized spacial score (nSPS) is 13.2. The minimum Gasteiger partial charge on any atom is -0.367 e. The van der Waals surface area contributed by atoms with E-state index in [9.17, 15) is 4.79 Å². The topological polar surface area (TPSA) is 37.8 Å². The molecule has 0 aliphatic rings. The third-order valence-corrected chi connectivity index (χ3v) is 7.36. The SMILES string of the molecule is Cc1c[nH]cc1C(C)(c1ccc(Cl)cc1)c1ccc2c(c1)c(-c1cccc(Cl)c1)cc(=O)n2C. The van der Waals surface area contributed by atoms with Gasteiger partial charge in [0.15, 0.2) is 0 Å². The van der Waals surface area contributed by atoms with Crippen LogP contribution in [0, 0.1) is 6.92 Å². The van der Waals surface area contributed by atoms with Crippen molar-refractivity contribution >= 4 is 34.1 Å². The van der Waals surface area contributed by atoms with E-state index in [1.165, 1.54) is 11.1 Å². The molecule has 0 saturated carbocycles. The third-order valence-electron chi connectivity index (χ3n) is 6.87. The largest absolute Gasteiger partial charge is 0.367 e. The van der Waals surface area contributed by atoms with Gasteiger partial charge in [0.05, 0.1) is 5.52 Å². The lowest BCUT2D eigenvalue weighted by Crippen LogP contribution is -2.26. The molecule has 0 saturated heterocycles. The van der Waals surface area contributed by atoms with E-state index in [-0.39, 0.29) is 5.56 Å². The Morgan fingerprint density at radius 1 is 0.853 bits per heavy atom. The third kappa shape index (κ3) is 3.66. The van der Waals surface area contributed by atoms with Gasteiger partial charge in [-0.15, -0.1) is 0 Å². The molecule has 0 fully saturated rings. The zero-order valence-corrected chi connectivity index (χ0v) is 20.7. The molecular formula is C29H24Cl2N2O. The Hall–Kier alpha value is -3.27. The second kappa shape index (κ2) is 8.50. The second-order valence-electron chi connectivity index (χ2n) is 8.88. The minimum absolute atomic E-state index is 0.0582. The fourth-order valence-electron chi connectivity index (χ4n) is 4.91. The van der Waals surface area contributed by atoms with E-state index in [0.717, 1.165) is 33.2 Å². The highest BCUT2D eigenvalue weighted by molar-refractivity contribution is 6.31. The van der Waals surface area contributed by atoms with Crippen LogP contribution < -0.4 is 5.56 Å². The predicted molar refractivity (Wildman–Crippen MR) is 142 cm³/mol. The maximum Gasteiger partial charge on any atom is 0.251 e. The van der Waals surface area contributed by atoms with Gasteiger partial charge in [0, 0.05) is 46.4 Å². The highest BCUT2D eigenvalue weighted by Crippen LogP contribution is 2.42. The number of aryl methyl sites for hydroxylation is 2. The summed E-state index contributed by atoms with van der Waals surface area (Å²) >= 11 is 12.5. The van der Waals surface area contributed by atoms with Crippen LogP contribution in [0.25, 0.3) is 22.0 Å². The molecule has 0 bridgehead atoms. The first-order valence-electron chi connectivity index (χ1n) is 11.1. The van der Waals surface area contributed by atoms with Gasteiger partial charge in [0.1, 0.15) is 0 Å². The van der Waals surface area contributed by atoms with Gasteiger partial charge in [-0.05, 0) is 83.6 Å². The van der Waals surface area contributed by atoms with Gasteiger partial charge in [0.25, 0.3) is 5.56 Å². The number of nitrogens with one attached hydrogen (secondary N) is 1. The summed E-state index contributed by atoms with van der Waals surface area (Å²) in [5.41, 5.74) is 6.76. The number of H-pyrrole nitrogens is 1. The van der Waals surface area contributed by atoms with Gasteiger partial charge in [-0.1, -0.05) is 53.5 Å². The van der Waals surface area contributed by atoms with E-state index in [4.69, 9.17) is 23.2 Å². The summed E-state index contributed by atoms with van der Waals surface area (Å²) < 4.78 is 1.69. The van der Waals surface area contributed by atoms with Crippen LogP contribution in [-0.4, -0.2) is 9.55 Å². The van der Waals surface area contributed by atoms with Crippen LogP contribution in [0.4, 0.5) is 0 Å². The van der Waals surface area contributed by atoms with E-state index in [1.54, 1.807) is 17.7 Å². The molecule has 2 heterocycles. The Kier molecular flexibility index (Phi) is 5.63. The number of pyridine rings is 1. The fraction of sp³-hybridized carbons (Fsp3) is 0.138. The number of nitrogens with zero attached hydrogens (tertiary/aromatic N) is 1. The molecule has 170 valence electrons. The van der Waals surface area contributed by atoms with Gasteiger partial charge >= 0.3 is 0 Å². The van der Waals surface area contributed by atoms with Crippen molar-refractivity contribution in [2.24, 2.45) is 7.05 Å². The van der Waals surface area contributed by atoms with Crippen molar-refractivity contribution in [3.8, 4) is 11.1 Å². The number of halogens is 2. The number of hydrogen-bond donors (Lipinski definition) is 1. The summed E-state index contributed by atoms with van der Waals surface area (Å²) in [4.78, 5) is 16.1. The summed E-state index contributed by atoms with van der Waals surface area (Å²) in [6, 6.07) is 23.7. The molecule has 3 nitrogen and oxygen atoms in total. The molecule has 0 amide bonds. The Labute approximate surface area is 208 Å². The fourth-order valence-corrected chi connectivity index (χ4v) is 5.22. The van der Waals surface area contributed by atoms with Gasteiger partial charge in [-0.25, -0.2) is 0 Å². The molecule has 1 unspecified atom stereocenters. The molecule has 1 atom stereocenters. The summed E-state index contributed by atoms with van der Waals surface area (Å²) in [6.45, 7) is 4.34. The lowest BCUT2D eigenvalue weighted by atomic mass is 9.70. The van der Waals surface area contributed by atoms with Crippen molar-refractivity contribution < 1.29 is 0 Å². The zero-order chi connectivity index (χ0) is 24.0. The van der Waals surface area contributed by atoms with Crippen LogP contribution in [0.3, 0.4) is 0 Å². The van der Waals surface area contributed by atoms with Gasteiger partial charge in [-0.2, -0.15) is 0 Å². The smallest absolute Gasteiger partial charge is 0.251 e. The minimum atomic E-state index is -0.441. The number of rotatable bonds is 4. The number of aromatic nitrogens is 2. The first-order valence-corrected chi connectivity index (χ1v) is 11.8. The molecule has 2 aromatic heterocycles. The Morgan fingerprint density at radius 2 is 1.59 bits per heavy atom. The van der Waals surface area contributed by atoms with E-state index in [0.29, 0.717) is 10.0 Å². The average molecular weight is 487 g/mol. The Bertz CT molecular complexity index is 1580. The second-order valence-corrected chi connectivity index (χ2v) is 9.75. The van der Waals surface area contributed by atoms with Crippen molar-refractivity contribution in [2.75, 3.05) is 0 Å². The van der Waals surface area contributed by atoms with Crippen LogP contribution in [0.1, 0.15) is 29.2 Å². The molecule has 5 rings (SSSR count). The molecule has 34 heavy (non-hydrogen) atoms. The lowest BCUT2D eigenvalue weighted by molar-refractivity contribution is 0.689. The van der Waals surface area contributed by atoms with Crippen molar-refractivity contribution in [3.63, 3.8) is 0 Å². The summed E-state index contributed by atoms with van der Waals surface area (Å²) in [6.07, 6.45) is 4.08. The lowest BCUT2D eigenvalue weighted by Gasteiger charge is -2.32. The zero-order valence-electron chi connectivity index (χ0n) is 19.2. The highest BCUT2D eigenvalue weighted by Gasteiger charge is 2.33. The molecule has 1 N–H and O–H groups in total. The first kappa shape index (κ1) is 22.5. The predicted octanol–water partition coefficient (Wildman–Crippen LogP) is 7.50. The van der Waals surface area contributed by atoms with Crippen molar-refractivity contribution in [2.45, 2.75) is 19.3 Å². The van der Waals surface area contributed by atoms with E-state index >= 15 is 0 Å². The monoisotopic (exact) mass is 486 g/mol. The summed E-state index contributed by atoms with van der Waals surface area (Å²) in [5, 5.41) is 2.33. The van der Waals surface area contributed by atoms with Crippen molar-refractivity contribution in [3.05, 3.63) is 128 Å². The average Bonchev–Trinajstić information content (AvgIpc) is 3.27. The van der Waals surface area contributed by atoms with Crippen LogP contribution in [0.15, 0.2) is 90.0 Å². The molecule has 5 heteroatoms. The standard InChI is InChI=1S/C29H24Cl2N2O/c1-18-16-32-17-26(18)29(2,20-7-10-22(30)11-8-20)21-9-12-27-25(14-21)24(15-28(34)33(27)3)19-5-4-6-23(31)13-19/h4-17,32H,1-3H3. The number of aromatic amines is 1. The Balaban J connectivity index is 1.84. The maximum absolute atomic E-state index is 12.8. The van der Waals surface area contributed by atoms with Crippen LogP contribution >= 0.6 is 23.2 Å². The quantitative estimate of drug-likeness (QED) is 0.280. The van der Waals surface area contributed by atoms with E-state index in [2.05, 4.69) is 49.3 Å². The molecule has 0 radical (unpaired) electrons. The molecule has 0 spiro atoms. The summed E-state index contributed by atoms with van der Waals surface area (Å²) in [7, 11) is 1.81. The molecule has 0 aliphatic carbocycles. The maximum atomic E-state index is 12.8. The van der Waals surface area contributed by atoms with Crippen molar-refractivity contribution in [1.82, 2.24) is 9.55 Å². The van der Waals surface area contributed by atoms with Gasteiger partial charge < -0.3 is 9.55 Å². The molecule has 5 aromatic rings. The number of hydrogen-bond acceptors (Lipinski definition) is 1. The number of fused-ring (bicyclic) bond motifs is 1. The first-order chi connectivity index (χ1) is 16.3. The molecule has 3 aromatic carbocycles.